The number of carbonyl (C=O) groups is 1. The number of aryl methyl sites for hydroxylation is 4. The Morgan fingerprint density at radius 3 is 2.32 bits per heavy atom. The lowest BCUT2D eigenvalue weighted by Gasteiger charge is -2.14. The van der Waals surface area contributed by atoms with Crippen molar-refractivity contribution < 1.29 is 9.53 Å². The first-order valence-corrected chi connectivity index (χ1v) is 7.93. The molecule has 0 radical (unpaired) electrons. The Balaban J connectivity index is 2.03. The molecule has 1 amide bonds. The van der Waals surface area contributed by atoms with Crippen molar-refractivity contribution in [3.8, 4) is 5.75 Å². The largest absolute Gasteiger partial charge is 0.483 e. The van der Waals surface area contributed by atoms with Crippen molar-refractivity contribution in [1.82, 2.24) is 0 Å². The third-order valence-electron chi connectivity index (χ3n) is 3.46. The first-order chi connectivity index (χ1) is 10.4. The molecule has 0 fully saturated rings. The van der Waals surface area contributed by atoms with Crippen LogP contribution in [0.1, 0.15) is 22.3 Å². The summed E-state index contributed by atoms with van der Waals surface area (Å²) in [5, 5.41) is 2.93. The number of ether oxygens (including phenoxy) is 1. The van der Waals surface area contributed by atoms with E-state index in [1.54, 1.807) is 0 Å². The van der Waals surface area contributed by atoms with Gasteiger partial charge < -0.3 is 10.1 Å². The van der Waals surface area contributed by atoms with Gasteiger partial charge in [-0.2, -0.15) is 0 Å². The third kappa shape index (κ3) is 4.10. The average Bonchev–Trinajstić information content (AvgIpc) is 2.44. The fourth-order valence-electron chi connectivity index (χ4n) is 2.29. The minimum Gasteiger partial charge on any atom is -0.483 e. The molecule has 4 heteroatoms. The topological polar surface area (TPSA) is 38.3 Å². The highest BCUT2D eigenvalue weighted by Crippen LogP contribution is 2.25. The standard InChI is InChI=1S/C18H20BrNO2/c1-11-5-6-12(2)16(7-11)22-10-17(21)20-18-13(3)8-15(19)9-14(18)4/h5-9H,10H2,1-4H3,(H,20,21). The monoisotopic (exact) mass is 361 g/mol. The Morgan fingerprint density at radius 2 is 1.68 bits per heavy atom. The van der Waals surface area contributed by atoms with E-state index >= 15 is 0 Å². The molecule has 2 rings (SSSR count). The van der Waals surface area contributed by atoms with Crippen molar-refractivity contribution in [2.45, 2.75) is 27.7 Å². The summed E-state index contributed by atoms with van der Waals surface area (Å²) in [6, 6.07) is 9.92. The maximum atomic E-state index is 12.1. The number of halogens is 1. The van der Waals surface area contributed by atoms with Crippen LogP contribution >= 0.6 is 15.9 Å². The first kappa shape index (κ1) is 16.6. The molecule has 22 heavy (non-hydrogen) atoms. The SMILES string of the molecule is Cc1ccc(C)c(OCC(=O)Nc2c(C)cc(Br)cc2C)c1. The summed E-state index contributed by atoms with van der Waals surface area (Å²) in [5.41, 5.74) is 5.02. The Bertz CT molecular complexity index is 687. The number of hydrogen-bond donors (Lipinski definition) is 1. The van der Waals surface area contributed by atoms with Crippen molar-refractivity contribution >= 4 is 27.5 Å². The molecular formula is C18H20BrNO2. The van der Waals surface area contributed by atoms with Crippen LogP contribution in [0.15, 0.2) is 34.8 Å². The molecule has 0 aromatic heterocycles. The normalized spacial score (nSPS) is 10.4. The van der Waals surface area contributed by atoms with Crippen molar-refractivity contribution in [2.75, 3.05) is 11.9 Å². The maximum absolute atomic E-state index is 12.1. The number of rotatable bonds is 4. The lowest BCUT2D eigenvalue weighted by atomic mass is 10.1. The second-order valence-electron chi connectivity index (χ2n) is 5.52. The lowest BCUT2D eigenvalue weighted by molar-refractivity contribution is -0.118. The molecule has 0 aliphatic rings. The summed E-state index contributed by atoms with van der Waals surface area (Å²) in [6.45, 7) is 7.91. The summed E-state index contributed by atoms with van der Waals surface area (Å²) in [7, 11) is 0. The minimum atomic E-state index is -0.158. The second kappa shape index (κ2) is 6.97. The number of nitrogens with one attached hydrogen (secondary N) is 1. The van der Waals surface area contributed by atoms with Crippen LogP contribution < -0.4 is 10.1 Å². The number of amides is 1. The van der Waals surface area contributed by atoms with Crippen LogP contribution in [0.3, 0.4) is 0 Å². The van der Waals surface area contributed by atoms with Crippen LogP contribution in [0, 0.1) is 27.7 Å². The van der Waals surface area contributed by atoms with E-state index in [4.69, 9.17) is 4.74 Å². The van der Waals surface area contributed by atoms with Crippen molar-refractivity contribution in [2.24, 2.45) is 0 Å². The molecule has 1 N–H and O–H groups in total. The highest BCUT2D eigenvalue weighted by molar-refractivity contribution is 9.10. The van der Waals surface area contributed by atoms with E-state index in [9.17, 15) is 4.79 Å². The van der Waals surface area contributed by atoms with Crippen molar-refractivity contribution in [3.63, 3.8) is 0 Å². The number of benzene rings is 2. The zero-order valence-electron chi connectivity index (χ0n) is 13.3. The minimum absolute atomic E-state index is 0.000757. The molecule has 0 saturated heterocycles. The Morgan fingerprint density at radius 1 is 1.05 bits per heavy atom. The predicted octanol–water partition coefficient (Wildman–Crippen LogP) is 4.70. The van der Waals surface area contributed by atoms with Crippen LogP contribution in [-0.4, -0.2) is 12.5 Å². The molecule has 0 spiro atoms. The van der Waals surface area contributed by atoms with Gasteiger partial charge in [-0.15, -0.1) is 0 Å². The third-order valence-corrected chi connectivity index (χ3v) is 3.92. The van der Waals surface area contributed by atoms with Crippen molar-refractivity contribution in [3.05, 3.63) is 57.1 Å². The lowest BCUT2D eigenvalue weighted by Crippen LogP contribution is -2.21. The summed E-state index contributed by atoms with van der Waals surface area (Å²) in [4.78, 5) is 12.1. The Labute approximate surface area is 139 Å². The fraction of sp³-hybridized carbons (Fsp3) is 0.278. The summed E-state index contributed by atoms with van der Waals surface area (Å²) >= 11 is 3.45. The molecule has 2 aromatic rings. The van der Waals surface area contributed by atoms with E-state index in [2.05, 4.69) is 21.2 Å². The predicted molar refractivity (Wildman–Crippen MR) is 93.7 cm³/mol. The summed E-state index contributed by atoms with van der Waals surface area (Å²) < 4.78 is 6.64. The van der Waals surface area contributed by atoms with Crippen LogP contribution in [0.5, 0.6) is 5.75 Å². The van der Waals surface area contributed by atoms with Gasteiger partial charge in [-0.05, 0) is 68.1 Å². The fourth-order valence-corrected chi connectivity index (χ4v) is 2.98. The highest BCUT2D eigenvalue weighted by Gasteiger charge is 2.10. The van der Waals surface area contributed by atoms with Gasteiger partial charge in [0.05, 0.1) is 0 Å². The van der Waals surface area contributed by atoms with Gasteiger partial charge in [0.2, 0.25) is 0 Å². The van der Waals surface area contributed by atoms with Gasteiger partial charge in [0.1, 0.15) is 5.75 Å². The molecule has 0 saturated carbocycles. The van der Waals surface area contributed by atoms with Crippen molar-refractivity contribution in [1.29, 1.82) is 0 Å². The van der Waals surface area contributed by atoms with Gasteiger partial charge in [-0.1, -0.05) is 28.1 Å². The number of carbonyl (C=O) groups excluding carboxylic acids is 1. The molecule has 0 bridgehead atoms. The van der Waals surface area contributed by atoms with Gasteiger partial charge in [0, 0.05) is 10.2 Å². The van der Waals surface area contributed by atoms with Crippen LogP contribution in [0.25, 0.3) is 0 Å². The zero-order valence-corrected chi connectivity index (χ0v) is 14.9. The summed E-state index contributed by atoms with van der Waals surface area (Å²) in [6.07, 6.45) is 0. The quantitative estimate of drug-likeness (QED) is 0.856. The molecule has 3 nitrogen and oxygen atoms in total. The van der Waals surface area contributed by atoms with Gasteiger partial charge >= 0.3 is 0 Å². The Hall–Kier alpha value is -1.81. The van der Waals surface area contributed by atoms with Gasteiger partial charge in [0.15, 0.2) is 6.61 Å². The Kier molecular flexibility index (Phi) is 5.24. The van der Waals surface area contributed by atoms with Crippen LogP contribution in [0.4, 0.5) is 5.69 Å². The summed E-state index contributed by atoms with van der Waals surface area (Å²) in [5.74, 6) is 0.592. The molecule has 116 valence electrons. The zero-order chi connectivity index (χ0) is 16.3. The van der Waals surface area contributed by atoms with E-state index in [1.807, 2.05) is 58.0 Å². The van der Waals surface area contributed by atoms with E-state index < -0.39 is 0 Å². The smallest absolute Gasteiger partial charge is 0.262 e. The van der Waals surface area contributed by atoms with E-state index in [0.717, 1.165) is 38.2 Å². The molecule has 0 heterocycles. The molecule has 2 aromatic carbocycles. The molecule has 0 aliphatic heterocycles. The first-order valence-electron chi connectivity index (χ1n) is 7.13. The number of anilines is 1. The number of hydrogen-bond acceptors (Lipinski definition) is 2. The second-order valence-corrected chi connectivity index (χ2v) is 6.44. The van der Waals surface area contributed by atoms with E-state index in [0.29, 0.717) is 0 Å². The molecule has 0 unspecified atom stereocenters. The highest BCUT2D eigenvalue weighted by atomic mass is 79.9. The molecule has 0 atom stereocenters. The van der Waals surface area contributed by atoms with Gasteiger partial charge in [-0.3, -0.25) is 4.79 Å². The molecular weight excluding hydrogens is 342 g/mol. The van der Waals surface area contributed by atoms with E-state index in [1.165, 1.54) is 0 Å². The maximum Gasteiger partial charge on any atom is 0.262 e. The van der Waals surface area contributed by atoms with Crippen LogP contribution in [0.2, 0.25) is 0 Å². The van der Waals surface area contributed by atoms with E-state index in [-0.39, 0.29) is 12.5 Å². The van der Waals surface area contributed by atoms with Crippen LogP contribution in [-0.2, 0) is 4.79 Å². The average molecular weight is 362 g/mol. The molecule has 0 aliphatic carbocycles. The van der Waals surface area contributed by atoms with Gasteiger partial charge in [0.25, 0.3) is 5.91 Å². The van der Waals surface area contributed by atoms with Gasteiger partial charge in [-0.25, -0.2) is 0 Å².